The Hall–Kier alpha value is -0.0700. The number of hydrogen-bond donors (Lipinski definition) is 2. The zero-order chi connectivity index (χ0) is 13.8. The van der Waals surface area contributed by atoms with Crippen LogP contribution >= 0.6 is 24.8 Å². The van der Waals surface area contributed by atoms with Gasteiger partial charge in [0.2, 0.25) is 5.91 Å². The fourth-order valence-electron chi connectivity index (χ4n) is 1.94. The summed E-state index contributed by atoms with van der Waals surface area (Å²) in [5, 5.41) is 2.99. The molecule has 1 amide bonds. The van der Waals surface area contributed by atoms with Gasteiger partial charge in [0.1, 0.15) is 0 Å². The second-order valence-electron chi connectivity index (χ2n) is 6.17. The Morgan fingerprint density at radius 3 is 2.25 bits per heavy atom. The number of nitrogens with zero attached hydrogens (tertiary/aromatic N) is 1. The first kappa shape index (κ1) is 22.2. The maximum absolute atomic E-state index is 12.0. The molecule has 0 aromatic rings. The molecule has 0 spiro atoms. The summed E-state index contributed by atoms with van der Waals surface area (Å²) >= 11 is 0. The van der Waals surface area contributed by atoms with Crippen LogP contribution in [0.2, 0.25) is 0 Å². The molecular formula is C13H29Cl2N3O2. The Balaban J connectivity index is 0. The van der Waals surface area contributed by atoms with E-state index >= 15 is 0 Å². The minimum atomic E-state index is -0.468. The molecule has 0 bridgehead atoms. The first-order valence-electron chi connectivity index (χ1n) is 6.67. The van der Waals surface area contributed by atoms with Crippen molar-refractivity contribution < 1.29 is 9.53 Å². The highest BCUT2D eigenvalue weighted by molar-refractivity contribution is 5.85. The van der Waals surface area contributed by atoms with Crippen molar-refractivity contribution in [3.63, 3.8) is 0 Å². The molecule has 5 nitrogen and oxygen atoms in total. The number of nitrogens with two attached hydrogens (primary N) is 1. The van der Waals surface area contributed by atoms with Gasteiger partial charge in [0.05, 0.1) is 19.3 Å². The summed E-state index contributed by atoms with van der Waals surface area (Å²) in [7, 11) is 0. The number of rotatable bonds is 4. The van der Waals surface area contributed by atoms with E-state index in [0.29, 0.717) is 0 Å². The summed E-state index contributed by atoms with van der Waals surface area (Å²) < 4.78 is 5.30. The summed E-state index contributed by atoms with van der Waals surface area (Å²) in [5.74, 6) is -0.0664. The maximum Gasteiger partial charge on any atom is 0.237 e. The second kappa shape index (κ2) is 9.79. The van der Waals surface area contributed by atoms with Crippen molar-refractivity contribution in [3.05, 3.63) is 0 Å². The van der Waals surface area contributed by atoms with Crippen LogP contribution in [0, 0.1) is 5.41 Å². The molecule has 122 valence electrons. The molecule has 0 aromatic carbocycles. The third-order valence-electron chi connectivity index (χ3n) is 3.24. The van der Waals surface area contributed by atoms with E-state index in [0.717, 1.165) is 32.8 Å². The molecule has 1 saturated heterocycles. The summed E-state index contributed by atoms with van der Waals surface area (Å²) in [5.41, 5.74) is 5.72. The number of amides is 1. The van der Waals surface area contributed by atoms with Crippen LogP contribution in [-0.4, -0.2) is 55.7 Å². The molecule has 0 aromatic heterocycles. The smallest absolute Gasteiger partial charge is 0.237 e. The van der Waals surface area contributed by atoms with E-state index in [1.807, 2.05) is 27.7 Å². The minimum absolute atomic E-state index is 0. The van der Waals surface area contributed by atoms with Crippen molar-refractivity contribution in [3.8, 4) is 0 Å². The van der Waals surface area contributed by atoms with Gasteiger partial charge in [0.15, 0.2) is 0 Å². The lowest BCUT2D eigenvalue weighted by Gasteiger charge is -2.31. The van der Waals surface area contributed by atoms with E-state index in [1.54, 1.807) is 0 Å². The molecule has 1 heterocycles. The van der Waals surface area contributed by atoms with E-state index in [1.165, 1.54) is 0 Å². The van der Waals surface area contributed by atoms with E-state index in [2.05, 4.69) is 10.2 Å². The lowest BCUT2D eigenvalue weighted by molar-refractivity contribution is -0.125. The van der Waals surface area contributed by atoms with Gasteiger partial charge in [0, 0.05) is 25.7 Å². The fourth-order valence-corrected chi connectivity index (χ4v) is 1.94. The molecule has 0 radical (unpaired) electrons. The number of morpholine rings is 1. The van der Waals surface area contributed by atoms with Crippen molar-refractivity contribution in [2.24, 2.45) is 11.1 Å². The fraction of sp³-hybridized carbons (Fsp3) is 0.923. The highest BCUT2D eigenvalue weighted by Gasteiger charge is 2.28. The number of nitrogens with one attached hydrogen (secondary N) is 1. The Labute approximate surface area is 134 Å². The summed E-state index contributed by atoms with van der Waals surface area (Å²) in [6.45, 7) is 12.2. The molecule has 0 saturated carbocycles. The minimum Gasteiger partial charge on any atom is -0.379 e. The SMILES string of the molecule is CC(CN1CCOCC1)NC(=O)[C@@H](N)C(C)(C)C.Cl.Cl. The van der Waals surface area contributed by atoms with Gasteiger partial charge in [-0.3, -0.25) is 9.69 Å². The predicted molar refractivity (Wildman–Crippen MR) is 86.8 cm³/mol. The Bertz CT molecular complexity index is 279. The van der Waals surface area contributed by atoms with Crippen LogP contribution in [-0.2, 0) is 9.53 Å². The molecule has 1 rings (SSSR count). The van der Waals surface area contributed by atoms with E-state index < -0.39 is 6.04 Å². The number of carbonyl (C=O) groups excluding carboxylic acids is 1. The zero-order valence-corrected chi connectivity index (χ0v) is 14.5. The van der Waals surface area contributed by atoms with Crippen molar-refractivity contribution in [2.45, 2.75) is 39.8 Å². The number of hydrogen-bond acceptors (Lipinski definition) is 4. The van der Waals surface area contributed by atoms with Gasteiger partial charge in [-0.15, -0.1) is 24.8 Å². The maximum atomic E-state index is 12.0. The van der Waals surface area contributed by atoms with Crippen LogP contribution in [0.4, 0.5) is 0 Å². The van der Waals surface area contributed by atoms with Gasteiger partial charge in [-0.2, -0.15) is 0 Å². The van der Waals surface area contributed by atoms with Crippen molar-refractivity contribution in [1.29, 1.82) is 0 Å². The average molecular weight is 330 g/mol. The third-order valence-corrected chi connectivity index (χ3v) is 3.24. The number of halogens is 2. The topological polar surface area (TPSA) is 67.6 Å². The summed E-state index contributed by atoms with van der Waals surface area (Å²) in [6.07, 6.45) is 0. The van der Waals surface area contributed by atoms with Crippen molar-refractivity contribution in [1.82, 2.24) is 10.2 Å². The monoisotopic (exact) mass is 329 g/mol. The lowest BCUT2D eigenvalue weighted by Crippen LogP contribution is -2.53. The normalized spacial score (nSPS) is 19.2. The largest absolute Gasteiger partial charge is 0.379 e. The lowest BCUT2D eigenvalue weighted by atomic mass is 9.87. The molecule has 1 fully saturated rings. The highest BCUT2D eigenvalue weighted by Crippen LogP contribution is 2.17. The average Bonchev–Trinajstić information content (AvgIpc) is 2.27. The highest BCUT2D eigenvalue weighted by atomic mass is 35.5. The summed E-state index contributed by atoms with van der Waals surface area (Å²) in [6, 6.07) is -0.353. The van der Waals surface area contributed by atoms with Gasteiger partial charge < -0.3 is 15.8 Å². The van der Waals surface area contributed by atoms with E-state index in [9.17, 15) is 4.79 Å². The van der Waals surface area contributed by atoms with Gasteiger partial charge in [-0.1, -0.05) is 20.8 Å². The van der Waals surface area contributed by atoms with Gasteiger partial charge in [-0.05, 0) is 12.3 Å². The molecule has 2 atom stereocenters. The Morgan fingerprint density at radius 2 is 1.80 bits per heavy atom. The molecule has 20 heavy (non-hydrogen) atoms. The van der Waals surface area contributed by atoms with E-state index in [4.69, 9.17) is 10.5 Å². The Kier molecular flexibility index (Phi) is 10.9. The quantitative estimate of drug-likeness (QED) is 0.808. The first-order valence-corrected chi connectivity index (χ1v) is 6.67. The molecule has 1 unspecified atom stereocenters. The number of ether oxygens (including phenoxy) is 1. The van der Waals surface area contributed by atoms with E-state index in [-0.39, 0.29) is 42.2 Å². The zero-order valence-electron chi connectivity index (χ0n) is 12.8. The Morgan fingerprint density at radius 1 is 1.30 bits per heavy atom. The molecule has 0 aliphatic carbocycles. The molecular weight excluding hydrogens is 301 g/mol. The van der Waals surface area contributed by atoms with Crippen LogP contribution in [0.1, 0.15) is 27.7 Å². The second-order valence-corrected chi connectivity index (χ2v) is 6.17. The molecule has 1 aliphatic rings. The van der Waals surface area contributed by atoms with Gasteiger partial charge in [0.25, 0.3) is 0 Å². The van der Waals surface area contributed by atoms with Gasteiger partial charge >= 0.3 is 0 Å². The van der Waals surface area contributed by atoms with Crippen LogP contribution in [0.3, 0.4) is 0 Å². The number of carbonyl (C=O) groups is 1. The molecule has 7 heteroatoms. The standard InChI is InChI=1S/C13H27N3O2.2ClH/c1-10(9-16-5-7-18-8-6-16)15-12(17)11(14)13(2,3)4;;/h10-11H,5-9,14H2,1-4H3,(H,15,17);2*1H/t10?,11-;;/m1../s1. The van der Waals surface area contributed by atoms with Crippen molar-refractivity contribution >= 4 is 30.7 Å². The predicted octanol–water partition coefficient (Wildman–Crippen LogP) is 1.04. The van der Waals surface area contributed by atoms with Crippen LogP contribution in [0.5, 0.6) is 0 Å². The van der Waals surface area contributed by atoms with Gasteiger partial charge in [-0.25, -0.2) is 0 Å². The van der Waals surface area contributed by atoms with Crippen molar-refractivity contribution in [2.75, 3.05) is 32.8 Å². The molecule has 1 aliphatic heterocycles. The van der Waals surface area contributed by atoms with Crippen LogP contribution in [0.25, 0.3) is 0 Å². The summed E-state index contributed by atoms with van der Waals surface area (Å²) in [4.78, 5) is 14.3. The van der Waals surface area contributed by atoms with Crippen LogP contribution in [0.15, 0.2) is 0 Å². The molecule has 3 N–H and O–H groups in total. The van der Waals surface area contributed by atoms with Crippen LogP contribution < -0.4 is 11.1 Å². The first-order chi connectivity index (χ1) is 8.30. The third kappa shape index (κ3) is 7.64.